The molecule has 0 aliphatic heterocycles. The number of hydrogen-bond acceptors (Lipinski definition) is 2. The third-order valence-corrected chi connectivity index (χ3v) is 3.76. The largest absolute Gasteiger partial charge is 0.329 e. The number of benzene rings is 1. The molecule has 1 aromatic rings. The Morgan fingerprint density at radius 1 is 1.18 bits per heavy atom. The molecule has 0 aromatic heterocycles. The molecule has 0 aliphatic rings. The Hall–Kier alpha value is -0.860. The van der Waals surface area contributed by atoms with Crippen molar-refractivity contribution >= 4 is 0 Å². The SMILES string of the molecule is CC(N(C)C(CN)c1ccccc1)C(C)(C)C. The minimum absolute atomic E-state index is 0.261. The fraction of sp³-hybridized carbons (Fsp3) is 0.600. The molecule has 96 valence electrons. The molecule has 17 heavy (non-hydrogen) atoms. The van der Waals surface area contributed by atoms with Gasteiger partial charge in [-0.25, -0.2) is 0 Å². The number of hydrogen-bond donors (Lipinski definition) is 1. The maximum Gasteiger partial charge on any atom is 0.0470 e. The molecular formula is C15H26N2. The van der Waals surface area contributed by atoms with Crippen LogP contribution in [0.2, 0.25) is 0 Å². The number of nitrogens with two attached hydrogens (primary N) is 1. The van der Waals surface area contributed by atoms with Gasteiger partial charge in [-0.3, -0.25) is 4.90 Å². The quantitative estimate of drug-likeness (QED) is 0.867. The van der Waals surface area contributed by atoms with Crippen LogP contribution in [0.4, 0.5) is 0 Å². The van der Waals surface area contributed by atoms with Crippen molar-refractivity contribution in [1.29, 1.82) is 0 Å². The van der Waals surface area contributed by atoms with E-state index in [-0.39, 0.29) is 5.41 Å². The Balaban J connectivity index is 2.89. The highest BCUT2D eigenvalue weighted by Gasteiger charge is 2.28. The summed E-state index contributed by atoms with van der Waals surface area (Å²) in [6, 6.07) is 11.3. The molecule has 0 aliphatic carbocycles. The van der Waals surface area contributed by atoms with Crippen molar-refractivity contribution < 1.29 is 0 Å². The fourth-order valence-corrected chi connectivity index (χ4v) is 2.09. The molecule has 1 rings (SSSR count). The lowest BCUT2D eigenvalue weighted by Crippen LogP contribution is -2.43. The van der Waals surface area contributed by atoms with Crippen LogP contribution in [-0.2, 0) is 0 Å². The number of rotatable bonds is 4. The highest BCUT2D eigenvalue weighted by molar-refractivity contribution is 5.19. The Morgan fingerprint density at radius 3 is 2.12 bits per heavy atom. The number of nitrogens with zero attached hydrogens (tertiary/aromatic N) is 1. The van der Waals surface area contributed by atoms with E-state index in [1.165, 1.54) is 5.56 Å². The van der Waals surface area contributed by atoms with Crippen molar-refractivity contribution in [2.75, 3.05) is 13.6 Å². The predicted molar refractivity (Wildman–Crippen MR) is 74.9 cm³/mol. The van der Waals surface area contributed by atoms with E-state index in [1.54, 1.807) is 0 Å². The van der Waals surface area contributed by atoms with Crippen LogP contribution in [-0.4, -0.2) is 24.5 Å². The first kappa shape index (κ1) is 14.2. The summed E-state index contributed by atoms with van der Waals surface area (Å²) >= 11 is 0. The van der Waals surface area contributed by atoms with E-state index in [2.05, 4.69) is 63.9 Å². The highest BCUT2D eigenvalue weighted by atomic mass is 15.2. The van der Waals surface area contributed by atoms with E-state index in [9.17, 15) is 0 Å². The second kappa shape index (κ2) is 5.65. The third kappa shape index (κ3) is 3.55. The van der Waals surface area contributed by atoms with Crippen molar-refractivity contribution in [3.8, 4) is 0 Å². The van der Waals surface area contributed by atoms with E-state index in [0.29, 0.717) is 18.6 Å². The van der Waals surface area contributed by atoms with Gasteiger partial charge in [0.05, 0.1) is 0 Å². The zero-order chi connectivity index (χ0) is 13.1. The minimum atomic E-state index is 0.261. The first-order valence-electron chi connectivity index (χ1n) is 6.35. The molecule has 0 heterocycles. The molecule has 0 saturated carbocycles. The van der Waals surface area contributed by atoms with Crippen molar-refractivity contribution in [1.82, 2.24) is 4.90 Å². The van der Waals surface area contributed by atoms with Gasteiger partial charge in [0.1, 0.15) is 0 Å². The van der Waals surface area contributed by atoms with Crippen molar-refractivity contribution in [3.05, 3.63) is 35.9 Å². The summed E-state index contributed by atoms with van der Waals surface area (Å²) < 4.78 is 0. The lowest BCUT2D eigenvalue weighted by Gasteiger charge is -2.40. The molecule has 2 atom stereocenters. The smallest absolute Gasteiger partial charge is 0.0470 e. The summed E-state index contributed by atoms with van der Waals surface area (Å²) in [6.07, 6.45) is 0. The third-order valence-electron chi connectivity index (χ3n) is 3.76. The van der Waals surface area contributed by atoms with Gasteiger partial charge in [0.25, 0.3) is 0 Å². The second-order valence-electron chi connectivity index (χ2n) is 5.87. The zero-order valence-electron chi connectivity index (χ0n) is 11.8. The van der Waals surface area contributed by atoms with Crippen LogP contribution in [0, 0.1) is 5.41 Å². The van der Waals surface area contributed by atoms with Crippen molar-refractivity contribution in [2.24, 2.45) is 11.1 Å². The molecule has 2 heteroatoms. The van der Waals surface area contributed by atoms with Crippen LogP contribution in [0.1, 0.15) is 39.3 Å². The van der Waals surface area contributed by atoms with Gasteiger partial charge in [0.2, 0.25) is 0 Å². The van der Waals surface area contributed by atoms with Gasteiger partial charge in [-0.2, -0.15) is 0 Å². The molecule has 0 fully saturated rings. The summed E-state index contributed by atoms with van der Waals surface area (Å²) in [4.78, 5) is 2.38. The summed E-state index contributed by atoms with van der Waals surface area (Å²) in [6.45, 7) is 9.73. The number of likely N-dealkylation sites (N-methyl/N-ethyl adjacent to an activating group) is 1. The maximum absolute atomic E-state index is 5.95. The average molecular weight is 234 g/mol. The van der Waals surface area contributed by atoms with Crippen molar-refractivity contribution in [2.45, 2.75) is 39.8 Å². The van der Waals surface area contributed by atoms with Crippen LogP contribution >= 0.6 is 0 Å². The van der Waals surface area contributed by atoms with Crippen LogP contribution in [0.15, 0.2) is 30.3 Å². The fourth-order valence-electron chi connectivity index (χ4n) is 2.09. The Kier molecular flexibility index (Phi) is 4.72. The first-order chi connectivity index (χ1) is 7.88. The topological polar surface area (TPSA) is 29.3 Å². The summed E-state index contributed by atoms with van der Waals surface area (Å²) in [5.74, 6) is 0. The van der Waals surface area contributed by atoms with Gasteiger partial charge in [0, 0.05) is 18.6 Å². The van der Waals surface area contributed by atoms with E-state index in [1.807, 2.05) is 6.07 Å². The molecular weight excluding hydrogens is 208 g/mol. The average Bonchev–Trinajstić information content (AvgIpc) is 2.29. The zero-order valence-corrected chi connectivity index (χ0v) is 11.8. The predicted octanol–water partition coefficient (Wildman–Crippen LogP) is 3.05. The second-order valence-corrected chi connectivity index (χ2v) is 5.87. The Morgan fingerprint density at radius 2 is 1.71 bits per heavy atom. The van der Waals surface area contributed by atoms with E-state index in [4.69, 9.17) is 5.73 Å². The standard InChI is InChI=1S/C15H26N2/c1-12(15(2,3)4)17(5)14(11-16)13-9-7-6-8-10-13/h6-10,12,14H,11,16H2,1-5H3. The van der Waals surface area contributed by atoms with Gasteiger partial charge >= 0.3 is 0 Å². The molecule has 0 radical (unpaired) electrons. The molecule has 2 nitrogen and oxygen atoms in total. The first-order valence-corrected chi connectivity index (χ1v) is 6.35. The van der Waals surface area contributed by atoms with E-state index in [0.717, 1.165) is 0 Å². The van der Waals surface area contributed by atoms with Gasteiger partial charge in [0.15, 0.2) is 0 Å². The van der Waals surface area contributed by atoms with Crippen LogP contribution in [0.5, 0.6) is 0 Å². The molecule has 0 saturated heterocycles. The molecule has 2 unspecified atom stereocenters. The summed E-state index contributed by atoms with van der Waals surface area (Å²) in [7, 11) is 2.17. The monoisotopic (exact) mass is 234 g/mol. The van der Waals surface area contributed by atoms with Gasteiger partial charge < -0.3 is 5.73 Å². The molecule has 0 amide bonds. The lowest BCUT2D eigenvalue weighted by atomic mass is 9.86. The normalized spacial score (nSPS) is 15.9. The van der Waals surface area contributed by atoms with Crippen LogP contribution in [0.25, 0.3) is 0 Å². The maximum atomic E-state index is 5.95. The van der Waals surface area contributed by atoms with Crippen LogP contribution in [0.3, 0.4) is 0 Å². The molecule has 0 spiro atoms. The highest BCUT2D eigenvalue weighted by Crippen LogP contribution is 2.29. The van der Waals surface area contributed by atoms with Gasteiger partial charge in [-0.1, -0.05) is 51.1 Å². The Labute approximate surface area is 106 Å². The van der Waals surface area contributed by atoms with Crippen molar-refractivity contribution in [3.63, 3.8) is 0 Å². The van der Waals surface area contributed by atoms with Gasteiger partial charge in [-0.05, 0) is 24.9 Å². The Bertz CT molecular complexity index is 327. The van der Waals surface area contributed by atoms with E-state index < -0.39 is 0 Å². The molecule has 2 N–H and O–H groups in total. The van der Waals surface area contributed by atoms with Gasteiger partial charge in [-0.15, -0.1) is 0 Å². The summed E-state index contributed by atoms with van der Waals surface area (Å²) in [5.41, 5.74) is 7.51. The van der Waals surface area contributed by atoms with E-state index >= 15 is 0 Å². The molecule has 0 bridgehead atoms. The minimum Gasteiger partial charge on any atom is -0.329 e. The molecule has 1 aromatic carbocycles. The summed E-state index contributed by atoms with van der Waals surface area (Å²) in [5, 5.41) is 0. The van der Waals surface area contributed by atoms with Crippen LogP contribution < -0.4 is 5.73 Å². The lowest BCUT2D eigenvalue weighted by molar-refractivity contribution is 0.100.